The Kier molecular flexibility index (Phi) is 8.29. The lowest BCUT2D eigenvalue weighted by atomic mass is 9.90. The van der Waals surface area contributed by atoms with Crippen LogP contribution >= 0.6 is 0 Å². The highest BCUT2D eigenvalue weighted by molar-refractivity contribution is 5.77. The quantitative estimate of drug-likeness (QED) is 0.243. The number of fused-ring (bicyclic) bond motifs is 1. The van der Waals surface area contributed by atoms with Crippen LogP contribution in [0.25, 0.3) is 11.1 Å². The SMILES string of the molecule is C=C(C=C(C)C=CC(F)(F)F)C1OC(=O)N2C(c3cc(C(F)(F)F)ccc3-c3cc(C(C)C)cnc3OC)CCC12. The zero-order chi connectivity index (χ0) is 30.3. The average Bonchev–Trinajstić information content (AvgIpc) is 3.47. The van der Waals surface area contributed by atoms with Gasteiger partial charge in [0, 0.05) is 17.8 Å². The standard InChI is InChI=1S/C30H30F6N2O3/c1-16(2)19-13-23(27(40-5)37-15-19)21-7-6-20(30(34,35)36)14-22(21)24-8-9-25-26(41-28(39)38(24)25)18(4)12-17(3)10-11-29(31,32)33/h6-7,10-16,24-26H,4,8-9H2,1-3,5H3. The van der Waals surface area contributed by atoms with Crippen LogP contribution in [0.5, 0.6) is 5.88 Å². The van der Waals surface area contributed by atoms with E-state index in [0.717, 1.165) is 23.8 Å². The maximum atomic E-state index is 13.8. The molecule has 41 heavy (non-hydrogen) atoms. The van der Waals surface area contributed by atoms with Crippen molar-refractivity contribution in [2.24, 2.45) is 0 Å². The zero-order valence-corrected chi connectivity index (χ0v) is 22.9. The summed E-state index contributed by atoms with van der Waals surface area (Å²) in [5.41, 5.74) is 1.74. The molecule has 3 unspecified atom stereocenters. The largest absolute Gasteiger partial charge is 0.481 e. The summed E-state index contributed by atoms with van der Waals surface area (Å²) in [6.07, 6.45) is -5.94. The topological polar surface area (TPSA) is 51.7 Å². The van der Waals surface area contributed by atoms with E-state index in [2.05, 4.69) is 11.6 Å². The van der Waals surface area contributed by atoms with Gasteiger partial charge in [0.05, 0.1) is 24.8 Å². The predicted octanol–water partition coefficient (Wildman–Crippen LogP) is 8.54. The number of aromatic nitrogens is 1. The van der Waals surface area contributed by atoms with Gasteiger partial charge in [0.2, 0.25) is 5.88 Å². The first-order valence-electron chi connectivity index (χ1n) is 13.0. The van der Waals surface area contributed by atoms with Crippen LogP contribution in [0.15, 0.2) is 66.4 Å². The van der Waals surface area contributed by atoms with Gasteiger partial charge in [-0.25, -0.2) is 9.78 Å². The van der Waals surface area contributed by atoms with Crippen molar-refractivity contribution in [3.05, 3.63) is 83.1 Å². The summed E-state index contributed by atoms with van der Waals surface area (Å²) in [6, 6.07) is 3.91. The first kappa shape index (κ1) is 30.2. The third-order valence-electron chi connectivity index (χ3n) is 7.29. The molecule has 2 aromatic rings. The molecule has 0 radical (unpaired) electrons. The summed E-state index contributed by atoms with van der Waals surface area (Å²) in [6.45, 7) is 9.29. The van der Waals surface area contributed by atoms with E-state index in [9.17, 15) is 31.1 Å². The second-order valence-electron chi connectivity index (χ2n) is 10.5. The van der Waals surface area contributed by atoms with Crippen molar-refractivity contribution in [1.29, 1.82) is 0 Å². The fourth-order valence-corrected chi connectivity index (χ4v) is 5.32. The molecule has 1 aromatic carbocycles. The van der Waals surface area contributed by atoms with E-state index in [0.29, 0.717) is 24.0 Å². The fourth-order valence-electron chi connectivity index (χ4n) is 5.32. The number of ether oxygens (including phenoxy) is 2. The summed E-state index contributed by atoms with van der Waals surface area (Å²) in [5.74, 6) is 0.316. The smallest absolute Gasteiger partial charge is 0.416 e. The van der Waals surface area contributed by atoms with Crippen LogP contribution in [-0.4, -0.2) is 41.4 Å². The number of alkyl halides is 6. The van der Waals surface area contributed by atoms with Crippen molar-refractivity contribution >= 4 is 6.09 Å². The molecule has 1 aromatic heterocycles. The van der Waals surface area contributed by atoms with Gasteiger partial charge in [-0.1, -0.05) is 44.2 Å². The number of pyridine rings is 1. The van der Waals surface area contributed by atoms with Gasteiger partial charge in [-0.15, -0.1) is 0 Å². The molecule has 0 N–H and O–H groups in total. The molecule has 2 aliphatic rings. The van der Waals surface area contributed by atoms with Crippen molar-refractivity contribution in [3.8, 4) is 17.0 Å². The maximum Gasteiger partial charge on any atom is 0.416 e. The van der Waals surface area contributed by atoms with E-state index in [4.69, 9.17) is 9.47 Å². The molecule has 2 fully saturated rings. The van der Waals surface area contributed by atoms with Crippen LogP contribution in [0.2, 0.25) is 0 Å². The normalized spacial score (nSPS) is 21.5. The maximum absolute atomic E-state index is 13.8. The van der Waals surface area contributed by atoms with Crippen molar-refractivity contribution in [3.63, 3.8) is 0 Å². The van der Waals surface area contributed by atoms with Crippen LogP contribution in [0.3, 0.4) is 0 Å². The van der Waals surface area contributed by atoms with Crippen LogP contribution in [0.1, 0.15) is 62.3 Å². The number of amides is 1. The van der Waals surface area contributed by atoms with Gasteiger partial charge in [0.1, 0.15) is 6.10 Å². The molecule has 0 bridgehead atoms. The highest BCUT2D eigenvalue weighted by atomic mass is 19.4. The number of carbonyl (C=O) groups is 1. The third-order valence-corrected chi connectivity index (χ3v) is 7.29. The van der Waals surface area contributed by atoms with Gasteiger partial charge < -0.3 is 9.47 Å². The summed E-state index contributed by atoms with van der Waals surface area (Å²) >= 11 is 0. The molecular weight excluding hydrogens is 550 g/mol. The molecule has 2 aliphatic heterocycles. The van der Waals surface area contributed by atoms with Crippen molar-refractivity contribution in [2.45, 2.75) is 70.1 Å². The minimum absolute atomic E-state index is 0.0868. The summed E-state index contributed by atoms with van der Waals surface area (Å²) < 4.78 is 90.2. The zero-order valence-electron chi connectivity index (χ0n) is 22.9. The second-order valence-corrected chi connectivity index (χ2v) is 10.5. The molecule has 2 saturated heterocycles. The van der Waals surface area contributed by atoms with Crippen molar-refractivity contribution in [2.75, 3.05) is 7.11 Å². The fraction of sp³-hybridized carbons (Fsp3) is 0.400. The van der Waals surface area contributed by atoms with E-state index < -0.39 is 42.2 Å². The molecule has 220 valence electrons. The van der Waals surface area contributed by atoms with Crippen molar-refractivity contribution in [1.82, 2.24) is 9.88 Å². The minimum atomic E-state index is -4.62. The summed E-state index contributed by atoms with van der Waals surface area (Å²) in [4.78, 5) is 18.9. The third kappa shape index (κ3) is 6.44. The molecule has 4 rings (SSSR count). The number of methoxy groups -OCH3 is 1. The first-order chi connectivity index (χ1) is 19.1. The Labute approximate surface area is 234 Å². The lowest BCUT2D eigenvalue weighted by molar-refractivity contribution is -0.137. The Morgan fingerprint density at radius 3 is 2.46 bits per heavy atom. The molecule has 3 heterocycles. The number of allylic oxidation sites excluding steroid dienone is 3. The van der Waals surface area contributed by atoms with Gasteiger partial charge in [0.15, 0.2) is 0 Å². The monoisotopic (exact) mass is 580 g/mol. The second kappa shape index (κ2) is 11.3. The van der Waals surface area contributed by atoms with Gasteiger partial charge in [-0.3, -0.25) is 4.90 Å². The highest BCUT2D eigenvalue weighted by Gasteiger charge is 2.51. The van der Waals surface area contributed by atoms with Gasteiger partial charge in [0.25, 0.3) is 0 Å². The summed E-state index contributed by atoms with van der Waals surface area (Å²) in [7, 11) is 1.42. The molecule has 0 saturated carbocycles. The van der Waals surface area contributed by atoms with Gasteiger partial charge in [-0.2, -0.15) is 26.3 Å². The Bertz CT molecular complexity index is 1390. The minimum Gasteiger partial charge on any atom is -0.481 e. The van der Waals surface area contributed by atoms with Crippen LogP contribution < -0.4 is 4.74 Å². The number of cyclic esters (lactones) is 1. The molecule has 3 atom stereocenters. The lowest BCUT2D eigenvalue weighted by Gasteiger charge is -2.26. The van der Waals surface area contributed by atoms with E-state index in [1.165, 1.54) is 31.1 Å². The number of rotatable bonds is 7. The molecule has 0 spiro atoms. The average molecular weight is 581 g/mol. The predicted molar refractivity (Wildman–Crippen MR) is 141 cm³/mol. The number of hydrogen-bond donors (Lipinski definition) is 0. The Hall–Kier alpha value is -3.76. The van der Waals surface area contributed by atoms with Crippen molar-refractivity contribution < 1.29 is 40.6 Å². The number of benzene rings is 1. The van der Waals surface area contributed by atoms with Crippen LogP contribution in [0.4, 0.5) is 31.1 Å². The Morgan fingerprint density at radius 2 is 1.85 bits per heavy atom. The van der Waals surface area contributed by atoms with Crippen LogP contribution in [0, 0.1) is 0 Å². The van der Waals surface area contributed by atoms with E-state index >= 15 is 0 Å². The van der Waals surface area contributed by atoms with Crippen LogP contribution in [-0.2, 0) is 10.9 Å². The van der Waals surface area contributed by atoms with E-state index in [1.807, 2.05) is 19.9 Å². The number of nitrogens with zero attached hydrogens (tertiary/aromatic N) is 2. The molecule has 0 aliphatic carbocycles. The Morgan fingerprint density at radius 1 is 1.15 bits per heavy atom. The molecule has 5 nitrogen and oxygen atoms in total. The number of carbonyl (C=O) groups excluding carboxylic acids is 1. The highest BCUT2D eigenvalue weighted by Crippen LogP contribution is 2.48. The number of halogens is 6. The number of hydrogen-bond acceptors (Lipinski definition) is 4. The van der Waals surface area contributed by atoms with E-state index in [1.54, 1.807) is 6.20 Å². The van der Waals surface area contributed by atoms with Gasteiger partial charge >= 0.3 is 18.4 Å². The molecular formula is C30H30F6N2O3. The molecule has 11 heteroatoms. The first-order valence-corrected chi connectivity index (χ1v) is 13.0. The lowest BCUT2D eigenvalue weighted by Crippen LogP contribution is -2.33. The Balaban J connectivity index is 1.75. The summed E-state index contributed by atoms with van der Waals surface area (Å²) in [5, 5.41) is 0. The molecule has 1 amide bonds. The van der Waals surface area contributed by atoms with Gasteiger partial charge in [-0.05, 0) is 66.1 Å². The van der Waals surface area contributed by atoms with E-state index in [-0.39, 0.29) is 34.6 Å².